The van der Waals surface area contributed by atoms with E-state index in [0.29, 0.717) is 10.6 Å². The van der Waals surface area contributed by atoms with Gasteiger partial charge in [-0.25, -0.2) is 5.43 Å². The number of rotatable bonds is 5. The number of hydrazone groups is 1. The third-order valence-corrected chi connectivity index (χ3v) is 3.59. The van der Waals surface area contributed by atoms with Gasteiger partial charge in [0.2, 0.25) is 0 Å². The number of carbonyl (C=O) groups excluding carboxylic acids is 1. The molecule has 2 aromatic carbocycles. The summed E-state index contributed by atoms with van der Waals surface area (Å²) < 4.78 is 0.769. The van der Waals surface area contributed by atoms with E-state index >= 15 is 0 Å². The topological polar surface area (TPSA) is 73.7 Å². The van der Waals surface area contributed by atoms with E-state index in [1.807, 2.05) is 0 Å². The van der Waals surface area contributed by atoms with E-state index in [4.69, 9.17) is 11.6 Å². The van der Waals surface area contributed by atoms with Crippen molar-refractivity contribution in [3.8, 4) is 5.75 Å². The standard InChI is InChI=1S/C15H13BrClN3O2/c16-12-7-11(17)5-6-13(12)18-9-15(22)20-19-8-10-3-1-2-4-14(10)21/h1-8,18,21H,9H2,(H,20,22)/b19-8+. The van der Waals surface area contributed by atoms with Gasteiger partial charge < -0.3 is 10.4 Å². The van der Waals surface area contributed by atoms with Crippen LogP contribution in [0.3, 0.4) is 0 Å². The van der Waals surface area contributed by atoms with Gasteiger partial charge in [-0.1, -0.05) is 23.7 Å². The lowest BCUT2D eigenvalue weighted by Crippen LogP contribution is -2.26. The van der Waals surface area contributed by atoms with Crippen LogP contribution in [0.15, 0.2) is 52.0 Å². The second-order valence-electron chi connectivity index (χ2n) is 4.33. The van der Waals surface area contributed by atoms with Crippen LogP contribution < -0.4 is 10.7 Å². The second kappa shape index (κ2) is 7.82. The molecule has 0 saturated carbocycles. The lowest BCUT2D eigenvalue weighted by molar-refractivity contribution is -0.119. The first-order valence-electron chi connectivity index (χ1n) is 6.35. The Hall–Kier alpha value is -2.05. The minimum Gasteiger partial charge on any atom is -0.507 e. The zero-order valence-electron chi connectivity index (χ0n) is 11.4. The number of amides is 1. The van der Waals surface area contributed by atoms with E-state index in [-0.39, 0.29) is 18.2 Å². The predicted octanol–water partition coefficient (Wildman–Crippen LogP) is 3.37. The number of nitrogens with one attached hydrogen (secondary N) is 2. The predicted molar refractivity (Wildman–Crippen MR) is 91.5 cm³/mol. The molecule has 0 radical (unpaired) electrons. The van der Waals surface area contributed by atoms with Crippen LogP contribution in [0.5, 0.6) is 5.75 Å². The number of phenols is 1. The molecule has 0 bridgehead atoms. The molecule has 0 saturated heterocycles. The summed E-state index contributed by atoms with van der Waals surface area (Å²) in [7, 11) is 0. The molecule has 7 heteroatoms. The van der Waals surface area contributed by atoms with Crippen LogP contribution in [0.1, 0.15) is 5.56 Å². The summed E-state index contributed by atoms with van der Waals surface area (Å²) in [6.07, 6.45) is 1.38. The molecular formula is C15H13BrClN3O2. The number of carbonyl (C=O) groups is 1. The van der Waals surface area contributed by atoms with E-state index in [2.05, 4.69) is 31.8 Å². The number of halogens is 2. The molecule has 0 spiro atoms. The molecular weight excluding hydrogens is 370 g/mol. The van der Waals surface area contributed by atoms with Crippen LogP contribution in [0.2, 0.25) is 5.02 Å². The first-order chi connectivity index (χ1) is 10.6. The third kappa shape index (κ3) is 4.75. The zero-order valence-corrected chi connectivity index (χ0v) is 13.7. The first kappa shape index (κ1) is 16.3. The van der Waals surface area contributed by atoms with E-state index < -0.39 is 0 Å². The van der Waals surface area contributed by atoms with Crippen molar-refractivity contribution in [1.29, 1.82) is 0 Å². The summed E-state index contributed by atoms with van der Waals surface area (Å²) in [5.41, 5.74) is 3.65. The summed E-state index contributed by atoms with van der Waals surface area (Å²) in [6.45, 7) is 0.0539. The van der Waals surface area contributed by atoms with Crippen molar-refractivity contribution < 1.29 is 9.90 Å². The molecule has 0 unspecified atom stereocenters. The number of hydrogen-bond acceptors (Lipinski definition) is 4. The number of phenolic OH excluding ortho intramolecular Hbond substituents is 1. The fraction of sp³-hybridized carbons (Fsp3) is 0.0667. The molecule has 1 amide bonds. The number of nitrogens with zero attached hydrogens (tertiary/aromatic N) is 1. The summed E-state index contributed by atoms with van der Waals surface area (Å²) in [5, 5.41) is 16.9. The molecule has 0 aliphatic rings. The van der Waals surface area contributed by atoms with E-state index in [9.17, 15) is 9.90 Å². The SMILES string of the molecule is O=C(CNc1ccc(Cl)cc1Br)N/N=C/c1ccccc1O. The van der Waals surface area contributed by atoms with Gasteiger partial charge in [-0.15, -0.1) is 0 Å². The van der Waals surface area contributed by atoms with Gasteiger partial charge in [0.05, 0.1) is 12.8 Å². The lowest BCUT2D eigenvalue weighted by atomic mass is 10.2. The quantitative estimate of drug-likeness (QED) is 0.548. The van der Waals surface area contributed by atoms with Gasteiger partial charge in [0.1, 0.15) is 5.75 Å². The highest BCUT2D eigenvalue weighted by molar-refractivity contribution is 9.10. The highest BCUT2D eigenvalue weighted by Gasteiger charge is 2.03. The minimum atomic E-state index is -0.312. The van der Waals surface area contributed by atoms with Crippen LogP contribution >= 0.6 is 27.5 Å². The Morgan fingerprint density at radius 2 is 2.09 bits per heavy atom. The Morgan fingerprint density at radius 3 is 2.82 bits per heavy atom. The number of hydrogen-bond donors (Lipinski definition) is 3. The highest BCUT2D eigenvalue weighted by atomic mass is 79.9. The van der Waals surface area contributed by atoms with Gasteiger partial charge in [-0.3, -0.25) is 4.79 Å². The van der Waals surface area contributed by atoms with Gasteiger partial charge in [0.25, 0.3) is 5.91 Å². The summed E-state index contributed by atoms with van der Waals surface area (Å²) in [5.74, 6) is -0.211. The van der Waals surface area contributed by atoms with Gasteiger partial charge in [0.15, 0.2) is 0 Å². The summed E-state index contributed by atoms with van der Waals surface area (Å²) >= 11 is 9.19. The molecule has 0 atom stereocenters. The van der Waals surface area contributed by atoms with E-state index in [1.165, 1.54) is 6.21 Å². The fourth-order valence-corrected chi connectivity index (χ4v) is 2.44. The van der Waals surface area contributed by atoms with Crippen molar-refractivity contribution in [3.63, 3.8) is 0 Å². The molecule has 0 fully saturated rings. The van der Waals surface area contributed by atoms with E-state index in [0.717, 1.165) is 10.2 Å². The Bertz CT molecular complexity index is 707. The fourth-order valence-electron chi connectivity index (χ4n) is 1.62. The summed E-state index contributed by atoms with van der Waals surface area (Å²) in [4.78, 5) is 11.7. The summed E-state index contributed by atoms with van der Waals surface area (Å²) in [6, 6.07) is 11.9. The Labute approximate surface area is 141 Å². The molecule has 2 aromatic rings. The van der Waals surface area contributed by atoms with Crippen LogP contribution in [0, 0.1) is 0 Å². The monoisotopic (exact) mass is 381 g/mol. The van der Waals surface area contributed by atoms with Crippen LogP contribution in [-0.4, -0.2) is 23.8 Å². The molecule has 0 aliphatic carbocycles. The Kier molecular flexibility index (Phi) is 5.80. The number of aromatic hydroxyl groups is 1. The number of anilines is 1. The number of para-hydroxylation sites is 1. The molecule has 5 nitrogen and oxygen atoms in total. The van der Waals surface area contributed by atoms with E-state index in [1.54, 1.807) is 42.5 Å². The molecule has 2 rings (SSSR count). The van der Waals surface area contributed by atoms with Gasteiger partial charge in [0, 0.05) is 20.7 Å². The largest absolute Gasteiger partial charge is 0.507 e. The van der Waals surface area contributed by atoms with Crippen LogP contribution in [0.25, 0.3) is 0 Å². The van der Waals surface area contributed by atoms with Crippen molar-refractivity contribution in [2.45, 2.75) is 0 Å². The Balaban J connectivity index is 1.84. The average Bonchev–Trinajstić information content (AvgIpc) is 2.48. The van der Waals surface area contributed by atoms with Gasteiger partial charge in [-0.2, -0.15) is 5.10 Å². The maximum Gasteiger partial charge on any atom is 0.259 e. The average molecular weight is 383 g/mol. The highest BCUT2D eigenvalue weighted by Crippen LogP contribution is 2.25. The van der Waals surface area contributed by atoms with Gasteiger partial charge in [-0.05, 0) is 46.3 Å². The van der Waals surface area contributed by atoms with Crippen LogP contribution in [-0.2, 0) is 4.79 Å². The number of benzene rings is 2. The molecule has 3 N–H and O–H groups in total. The van der Waals surface area contributed by atoms with Crippen molar-refractivity contribution in [2.75, 3.05) is 11.9 Å². The smallest absolute Gasteiger partial charge is 0.259 e. The van der Waals surface area contributed by atoms with Crippen LogP contribution in [0.4, 0.5) is 5.69 Å². The maximum absolute atomic E-state index is 11.7. The minimum absolute atomic E-state index is 0.0539. The van der Waals surface area contributed by atoms with Crippen molar-refractivity contribution >= 4 is 45.3 Å². The second-order valence-corrected chi connectivity index (χ2v) is 5.62. The van der Waals surface area contributed by atoms with Crippen molar-refractivity contribution in [3.05, 3.63) is 57.5 Å². The van der Waals surface area contributed by atoms with Crippen molar-refractivity contribution in [2.24, 2.45) is 5.10 Å². The maximum atomic E-state index is 11.7. The first-order valence-corrected chi connectivity index (χ1v) is 7.52. The van der Waals surface area contributed by atoms with Crippen molar-refractivity contribution in [1.82, 2.24) is 5.43 Å². The lowest BCUT2D eigenvalue weighted by Gasteiger charge is -2.07. The Morgan fingerprint density at radius 1 is 1.32 bits per heavy atom. The normalized spacial score (nSPS) is 10.6. The van der Waals surface area contributed by atoms with Gasteiger partial charge >= 0.3 is 0 Å². The molecule has 22 heavy (non-hydrogen) atoms. The molecule has 0 aliphatic heterocycles. The molecule has 0 aromatic heterocycles. The zero-order chi connectivity index (χ0) is 15.9. The molecule has 0 heterocycles. The molecule has 114 valence electrons. The third-order valence-electron chi connectivity index (χ3n) is 2.70.